The van der Waals surface area contributed by atoms with Crippen LogP contribution in [0.4, 0.5) is 0 Å². The van der Waals surface area contributed by atoms with Crippen LogP contribution in [0.1, 0.15) is 0 Å². The minimum Gasteiger partial charge on any atom is -0.456 e. The van der Waals surface area contributed by atoms with Crippen LogP contribution in [0, 0.1) is 0 Å². The first-order valence-electron chi connectivity index (χ1n) is 23.3. The smallest absolute Gasteiger partial charge is 0.164 e. The molecule has 0 N–H and O–H groups in total. The topological polar surface area (TPSA) is 90.7 Å². The van der Waals surface area contributed by atoms with Crippen molar-refractivity contribution < 1.29 is 8.83 Å². The standard InChI is InChI=1S/C63H37N5O2/c1-3-14-39(15-4-1)60-64-54(37-55(65-60)46-26-28-51-53-33-43-18-7-8-19-44(43)34-58(53)69-56(51)35-46)45-22-11-20-41(31-45)42-21-12-23-47(32-42)62-66-61(40-16-5-2-6-17-40)67-63(68-62)48-27-29-50-52-30-25-38-13-9-10-24-49(38)59(52)70-57(50)36-48/h1-37H. The van der Waals surface area contributed by atoms with Crippen LogP contribution in [0.2, 0.25) is 0 Å². The molecule has 0 radical (unpaired) electrons. The van der Waals surface area contributed by atoms with E-state index in [0.717, 1.165) is 116 Å². The summed E-state index contributed by atoms with van der Waals surface area (Å²) in [5.74, 6) is 2.36. The maximum absolute atomic E-state index is 6.58. The molecule has 0 bridgehead atoms. The maximum Gasteiger partial charge on any atom is 0.164 e. The van der Waals surface area contributed by atoms with Crippen molar-refractivity contribution in [2.45, 2.75) is 0 Å². The van der Waals surface area contributed by atoms with Crippen molar-refractivity contribution in [3.8, 4) is 79.2 Å². The van der Waals surface area contributed by atoms with E-state index in [1.54, 1.807) is 0 Å². The average molecular weight is 896 g/mol. The first-order valence-corrected chi connectivity index (χ1v) is 23.3. The number of furan rings is 2. The lowest BCUT2D eigenvalue weighted by Crippen LogP contribution is -2.00. The lowest BCUT2D eigenvalue weighted by Gasteiger charge is -2.12. The van der Waals surface area contributed by atoms with Gasteiger partial charge in [-0.3, -0.25) is 0 Å². The summed E-state index contributed by atoms with van der Waals surface area (Å²) in [7, 11) is 0. The molecule has 0 saturated carbocycles. The molecule has 0 saturated heterocycles. The molecule has 10 aromatic carbocycles. The minimum atomic E-state index is 0.560. The molecule has 0 fully saturated rings. The largest absolute Gasteiger partial charge is 0.456 e. The highest BCUT2D eigenvalue weighted by Crippen LogP contribution is 2.39. The summed E-state index contributed by atoms with van der Waals surface area (Å²) in [6, 6.07) is 77.0. The number of hydrogen-bond acceptors (Lipinski definition) is 7. The fourth-order valence-corrected chi connectivity index (χ4v) is 9.77. The van der Waals surface area contributed by atoms with Crippen LogP contribution in [0.15, 0.2) is 233 Å². The van der Waals surface area contributed by atoms with Gasteiger partial charge < -0.3 is 8.83 Å². The normalized spacial score (nSPS) is 11.7. The zero-order valence-corrected chi connectivity index (χ0v) is 37.4. The molecule has 7 heteroatoms. The van der Waals surface area contributed by atoms with Gasteiger partial charge in [0.25, 0.3) is 0 Å². The van der Waals surface area contributed by atoms with Crippen molar-refractivity contribution in [1.29, 1.82) is 0 Å². The van der Waals surface area contributed by atoms with E-state index in [0.29, 0.717) is 23.3 Å². The fourth-order valence-electron chi connectivity index (χ4n) is 9.77. The van der Waals surface area contributed by atoms with Crippen molar-refractivity contribution in [3.05, 3.63) is 224 Å². The van der Waals surface area contributed by atoms with E-state index in [2.05, 4.69) is 146 Å². The van der Waals surface area contributed by atoms with Crippen LogP contribution in [-0.2, 0) is 0 Å². The zero-order valence-electron chi connectivity index (χ0n) is 37.4. The van der Waals surface area contributed by atoms with E-state index >= 15 is 0 Å². The van der Waals surface area contributed by atoms with Gasteiger partial charge in [0.2, 0.25) is 0 Å². The molecular weight excluding hydrogens is 859 g/mol. The highest BCUT2D eigenvalue weighted by atomic mass is 16.3. The minimum absolute atomic E-state index is 0.560. The quantitative estimate of drug-likeness (QED) is 0.157. The molecule has 0 aliphatic carbocycles. The Morgan fingerprint density at radius 1 is 0.229 bits per heavy atom. The molecule has 14 aromatic rings. The van der Waals surface area contributed by atoms with Crippen molar-refractivity contribution in [2.24, 2.45) is 0 Å². The number of nitrogens with zero attached hydrogens (tertiary/aromatic N) is 5. The second-order valence-corrected chi connectivity index (χ2v) is 17.6. The summed E-state index contributed by atoms with van der Waals surface area (Å²) in [4.78, 5) is 25.6. The molecule has 0 amide bonds. The number of rotatable bonds is 7. The highest BCUT2D eigenvalue weighted by molar-refractivity contribution is 6.15. The van der Waals surface area contributed by atoms with E-state index in [9.17, 15) is 0 Å². The van der Waals surface area contributed by atoms with Gasteiger partial charge in [-0.05, 0) is 87.9 Å². The molecule has 7 nitrogen and oxygen atoms in total. The molecular formula is C63H37N5O2. The van der Waals surface area contributed by atoms with Crippen LogP contribution in [0.25, 0.3) is 145 Å². The summed E-state index contributed by atoms with van der Waals surface area (Å²) < 4.78 is 13.1. The van der Waals surface area contributed by atoms with Gasteiger partial charge in [0, 0.05) is 60.3 Å². The second kappa shape index (κ2) is 16.0. The predicted molar refractivity (Wildman–Crippen MR) is 283 cm³/mol. The Kier molecular flexibility index (Phi) is 9.07. The van der Waals surface area contributed by atoms with Gasteiger partial charge in [0.05, 0.1) is 11.4 Å². The summed E-state index contributed by atoms with van der Waals surface area (Å²) >= 11 is 0. The van der Waals surface area contributed by atoms with E-state index in [1.807, 2.05) is 78.9 Å². The van der Waals surface area contributed by atoms with Gasteiger partial charge in [0.15, 0.2) is 23.3 Å². The number of fused-ring (bicyclic) bond motifs is 9. The van der Waals surface area contributed by atoms with Crippen molar-refractivity contribution >= 4 is 65.4 Å². The van der Waals surface area contributed by atoms with Gasteiger partial charge in [-0.25, -0.2) is 24.9 Å². The van der Waals surface area contributed by atoms with Crippen LogP contribution in [0.3, 0.4) is 0 Å². The Hall–Kier alpha value is -9.59. The number of benzene rings is 10. The third-order valence-corrected chi connectivity index (χ3v) is 13.3. The summed E-state index contributed by atoms with van der Waals surface area (Å²) in [6.07, 6.45) is 0. The first kappa shape index (κ1) is 39.6. The predicted octanol–water partition coefficient (Wildman–Crippen LogP) is 16.4. The van der Waals surface area contributed by atoms with Gasteiger partial charge in [-0.2, -0.15) is 0 Å². The Labute approximate surface area is 401 Å². The molecule has 70 heavy (non-hydrogen) atoms. The summed E-state index contributed by atoms with van der Waals surface area (Å²) in [6.45, 7) is 0. The van der Waals surface area contributed by atoms with Crippen LogP contribution in [-0.4, -0.2) is 24.9 Å². The van der Waals surface area contributed by atoms with Gasteiger partial charge in [0.1, 0.15) is 22.3 Å². The molecule has 0 aliphatic heterocycles. The lowest BCUT2D eigenvalue weighted by molar-refractivity contribution is 0.669. The lowest BCUT2D eigenvalue weighted by atomic mass is 9.98. The van der Waals surface area contributed by atoms with Gasteiger partial charge >= 0.3 is 0 Å². The van der Waals surface area contributed by atoms with Gasteiger partial charge in [-0.15, -0.1) is 0 Å². The monoisotopic (exact) mass is 895 g/mol. The van der Waals surface area contributed by atoms with E-state index in [-0.39, 0.29) is 0 Å². The Balaban J connectivity index is 0.850. The molecule has 0 spiro atoms. The second-order valence-electron chi connectivity index (χ2n) is 17.6. The van der Waals surface area contributed by atoms with Crippen LogP contribution < -0.4 is 0 Å². The Bertz CT molecular complexity index is 4370. The van der Waals surface area contributed by atoms with Crippen molar-refractivity contribution in [3.63, 3.8) is 0 Å². The molecule has 0 aliphatic rings. The third-order valence-electron chi connectivity index (χ3n) is 13.3. The SMILES string of the molecule is c1ccc(-c2nc(-c3cccc(-c4cccc(-c5nc(-c6ccccc6)nc(-c6ccc7c(c6)oc6c8ccccc8ccc76)n5)c4)c3)cc(-c3ccc4c(c3)oc3cc5ccccc5cc34)n2)cc1. The van der Waals surface area contributed by atoms with E-state index in [4.69, 9.17) is 33.8 Å². The van der Waals surface area contributed by atoms with Gasteiger partial charge in [-0.1, -0.05) is 164 Å². The van der Waals surface area contributed by atoms with E-state index < -0.39 is 0 Å². The molecule has 14 rings (SSSR count). The summed E-state index contributed by atoms with van der Waals surface area (Å²) in [5.41, 5.74) is 12.4. The molecule has 0 unspecified atom stereocenters. The van der Waals surface area contributed by atoms with E-state index in [1.165, 1.54) is 5.39 Å². The maximum atomic E-state index is 6.58. The Morgan fingerprint density at radius 2 is 0.686 bits per heavy atom. The highest BCUT2D eigenvalue weighted by Gasteiger charge is 2.18. The number of aromatic nitrogens is 5. The average Bonchev–Trinajstić information content (AvgIpc) is 4.00. The fraction of sp³-hybridized carbons (Fsp3) is 0. The summed E-state index contributed by atoms with van der Waals surface area (Å²) in [5, 5.41) is 8.84. The zero-order chi connectivity index (χ0) is 46.1. The molecule has 326 valence electrons. The number of hydrogen-bond donors (Lipinski definition) is 0. The molecule has 0 atom stereocenters. The Morgan fingerprint density at radius 3 is 1.40 bits per heavy atom. The molecule has 4 heterocycles. The van der Waals surface area contributed by atoms with Crippen molar-refractivity contribution in [1.82, 2.24) is 24.9 Å². The molecule has 4 aromatic heterocycles. The first-order chi connectivity index (χ1) is 34.6. The van der Waals surface area contributed by atoms with Crippen LogP contribution >= 0.6 is 0 Å². The van der Waals surface area contributed by atoms with Crippen molar-refractivity contribution in [2.75, 3.05) is 0 Å². The third kappa shape index (κ3) is 6.87. The van der Waals surface area contributed by atoms with Crippen LogP contribution in [0.5, 0.6) is 0 Å².